The molecule has 0 bridgehead atoms. The quantitative estimate of drug-likeness (QED) is 0.0222. The summed E-state index contributed by atoms with van der Waals surface area (Å²) in [6.07, 6.45) is 48.6. The van der Waals surface area contributed by atoms with E-state index >= 15 is 0 Å². The number of rotatable bonds is 68. The fourth-order valence-corrected chi connectivity index (χ4v) is 11.7. The standard InChI is InChI=1S/C67H130O17P2/c1-5-9-13-17-21-24-26-28-30-32-34-37-41-45-49-53-66(71)83-62(57-77-64(69)51-47-43-39-20-16-12-8-4)59-81-85(73,74)79-55-61(68)56-80-86(75,76)82-60-63(58-78-65(70)52-48-44-40-36-23-19-15-11-7-3)84-67(72)54-50-46-42-38-35-33-31-29-27-25-22-18-14-10-6-2/h61-63,68H,5-60H2,1-4H3,(H,73,74)(H,75,76)/t61-,62-,63-/m1/s1. The molecule has 0 saturated carbocycles. The number of carbonyl (C=O) groups excluding carboxylic acids is 4. The van der Waals surface area contributed by atoms with Gasteiger partial charge in [0.05, 0.1) is 26.4 Å². The number of hydrogen-bond acceptors (Lipinski definition) is 15. The van der Waals surface area contributed by atoms with E-state index in [0.29, 0.717) is 25.7 Å². The number of ether oxygens (including phenoxy) is 4. The number of esters is 4. The molecule has 510 valence electrons. The van der Waals surface area contributed by atoms with Gasteiger partial charge in [-0.3, -0.25) is 37.3 Å². The van der Waals surface area contributed by atoms with E-state index in [2.05, 4.69) is 27.7 Å². The Kier molecular flexibility index (Phi) is 60.5. The summed E-state index contributed by atoms with van der Waals surface area (Å²) in [5.74, 6) is -2.13. The van der Waals surface area contributed by atoms with Gasteiger partial charge < -0.3 is 33.8 Å². The summed E-state index contributed by atoms with van der Waals surface area (Å²) in [5.41, 5.74) is 0. The van der Waals surface area contributed by atoms with E-state index < -0.39 is 97.5 Å². The Morgan fingerprint density at radius 1 is 0.279 bits per heavy atom. The van der Waals surface area contributed by atoms with Gasteiger partial charge in [-0.15, -0.1) is 0 Å². The summed E-state index contributed by atoms with van der Waals surface area (Å²) in [5, 5.41) is 10.5. The fourth-order valence-electron chi connectivity index (χ4n) is 10.2. The number of phosphoric acid groups is 2. The minimum absolute atomic E-state index is 0.108. The third kappa shape index (κ3) is 60.9. The Labute approximate surface area is 524 Å². The first-order valence-electron chi connectivity index (χ1n) is 35.3. The van der Waals surface area contributed by atoms with Crippen molar-refractivity contribution >= 4 is 39.5 Å². The summed E-state index contributed by atoms with van der Waals surface area (Å²) < 4.78 is 68.0. The maximum absolute atomic E-state index is 13.0. The number of phosphoric ester groups is 2. The predicted molar refractivity (Wildman–Crippen MR) is 345 cm³/mol. The van der Waals surface area contributed by atoms with Gasteiger partial charge in [0, 0.05) is 25.7 Å². The van der Waals surface area contributed by atoms with Crippen LogP contribution in [0.25, 0.3) is 0 Å². The lowest BCUT2D eigenvalue weighted by molar-refractivity contribution is -0.161. The number of carbonyl (C=O) groups is 4. The third-order valence-electron chi connectivity index (χ3n) is 15.6. The van der Waals surface area contributed by atoms with Crippen molar-refractivity contribution in [3.05, 3.63) is 0 Å². The highest BCUT2D eigenvalue weighted by Crippen LogP contribution is 2.45. The maximum Gasteiger partial charge on any atom is 0.472 e. The van der Waals surface area contributed by atoms with Crippen molar-refractivity contribution in [2.45, 2.75) is 367 Å². The molecule has 5 atom stereocenters. The van der Waals surface area contributed by atoms with Crippen molar-refractivity contribution < 1.29 is 80.2 Å². The van der Waals surface area contributed by atoms with E-state index in [4.69, 9.17) is 37.0 Å². The van der Waals surface area contributed by atoms with Crippen LogP contribution in [0.1, 0.15) is 349 Å². The molecule has 0 spiro atoms. The third-order valence-corrected chi connectivity index (χ3v) is 17.5. The molecule has 2 unspecified atom stereocenters. The molecule has 0 fully saturated rings. The van der Waals surface area contributed by atoms with E-state index in [-0.39, 0.29) is 25.7 Å². The average Bonchev–Trinajstić information content (AvgIpc) is 3.64. The molecule has 0 saturated heterocycles. The van der Waals surface area contributed by atoms with Gasteiger partial charge in [0.1, 0.15) is 19.3 Å². The molecular formula is C67H130O17P2. The smallest absolute Gasteiger partial charge is 0.462 e. The zero-order chi connectivity index (χ0) is 63.3. The lowest BCUT2D eigenvalue weighted by atomic mass is 10.0. The summed E-state index contributed by atoms with van der Waals surface area (Å²) in [6, 6.07) is 0. The lowest BCUT2D eigenvalue weighted by Gasteiger charge is -2.21. The summed E-state index contributed by atoms with van der Waals surface area (Å²) in [7, 11) is -9.88. The molecular weight excluding hydrogens is 1140 g/mol. The van der Waals surface area contributed by atoms with E-state index in [1.165, 1.54) is 167 Å². The van der Waals surface area contributed by atoms with Gasteiger partial charge in [-0.05, 0) is 25.7 Å². The first-order valence-corrected chi connectivity index (χ1v) is 38.3. The van der Waals surface area contributed by atoms with Crippen LogP contribution in [0.15, 0.2) is 0 Å². The monoisotopic (exact) mass is 1270 g/mol. The molecule has 3 N–H and O–H groups in total. The van der Waals surface area contributed by atoms with Crippen LogP contribution in [0.3, 0.4) is 0 Å². The molecule has 0 rings (SSSR count). The zero-order valence-electron chi connectivity index (χ0n) is 55.3. The van der Waals surface area contributed by atoms with Gasteiger partial charge >= 0.3 is 39.5 Å². The molecule has 17 nitrogen and oxygen atoms in total. The Morgan fingerprint density at radius 2 is 0.465 bits per heavy atom. The molecule has 0 amide bonds. The summed E-state index contributed by atoms with van der Waals surface area (Å²) >= 11 is 0. The largest absolute Gasteiger partial charge is 0.472 e. The highest BCUT2D eigenvalue weighted by atomic mass is 31.2. The van der Waals surface area contributed by atoms with E-state index in [1.54, 1.807) is 0 Å². The second-order valence-corrected chi connectivity index (χ2v) is 27.1. The summed E-state index contributed by atoms with van der Waals surface area (Å²) in [4.78, 5) is 72.2. The van der Waals surface area contributed by atoms with Gasteiger partial charge in [0.2, 0.25) is 0 Å². The van der Waals surface area contributed by atoms with Gasteiger partial charge in [-0.2, -0.15) is 0 Å². The average molecular weight is 1270 g/mol. The molecule has 0 aliphatic carbocycles. The first kappa shape index (κ1) is 84.1. The maximum atomic E-state index is 13.0. The van der Waals surface area contributed by atoms with Crippen molar-refractivity contribution in [1.82, 2.24) is 0 Å². The van der Waals surface area contributed by atoms with Crippen LogP contribution in [0.5, 0.6) is 0 Å². The van der Waals surface area contributed by atoms with Gasteiger partial charge in [-0.1, -0.05) is 297 Å². The summed E-state index contributed by atoms with van der Waals surface area (Å²) in [6.45, 7) is 4.88. The Bertz CT molecular complexity index is 1650. The minimum Gasteiger partial charge on any atom is -0.462 e. The van der Waals surface area contributed by atoms with Crippen molar-refractivity contribution in [3.63, 3.8) is 0 Å². The first-order chi connectivity index (χ1) is 41.7. The Morgan fingerprint density at radius 3 is 0.686 bits per heavy atom. The molecule has 0 aromatic carbocycles. The van der Waals surface area contributed by atoms with Crippen LogP contribution in [-0.4, -0.2) is 96.7 Å². The topological polar surface area (TPSA) is 237 Å². The minimum atomic E-state index is -4.94. The Hall–Kier alpha value is -1.94. The van der Waals surface area contributed by atoms with Gasteiger partial charge in [0.15, 0.2) is 12.2 Å². The predicted octanol–water partition coefficient (Wildman–Crippen LogP) is 19.1. The van der Waals surface area contributed by atoms with Gasteiger partial charge in [-0.25, -0.2) is 9.13 Å². The van der Waals surface area contributed by atoms with Crippen LogP contribution >= 0.6 is 15.6 Å². The molecule has 19 heteroatoms. The number of hydrogen-bond donors (Lipinski definition) is 3. The highest BCUT2D eigenvalue weighted by Gasteiger charge is 2.30. The fraction of sp³-hybridized carbons (Fsp3) is 0.940. The van der Waals surface area contributed by atoms with Crippen molar-refractivity contribution in [3.8, 4) is 0 Å². The van der Waals surface area contributed by atoms with E-state index in [0.717, 1.165) is 103 Å². The van der Waals surface area contributed by atoms with Crippen molar-refractivity contribution in [1.29, 1.82) is 0 Å². The lowest BCUT2D eigenvalue weighted by Crippen LogP contribution is -2.30. The highest BCUT2D eigenvalue weighted by molar-refractivity contribution is 7.47. The molecule has 86 heavy (non-hydrogen) atoms. The molecule has 0 radical (unpaired) electrons. The molecule has 0 aromatic heterocycles. The van der Waals surface area contributed by atoms with Crippen LogP contribution in [0.2, 0.25) is 0 Å². The van der Waals surface area contributed by atoms with E-state index in [1.807, 2.05) is 0 Å². The van der Waals surface area contributed by atoms with Crippen LogP contribution in [0, 0.1) is 0 Å². The van der Waals surface area contributed by atoms with Crippen molar-refractivity contribution in [2.24, 2.45) is 0 Å². The second kappa shape index (κ2) is 61.9. The normalized spacial score (nSPS) is 14.1. The second-order valence-electron chi connectivity index (χ2n) is 24.2. The Balaban J connectivity index is 5.16. The molecule has 0 aliphatic rings. The number of aliphatic hydroxyl groups is 1. The number of aliphatic hydroxyl groups excluding tert-OH is 1. The van der Waals surface area contributed by atoms with Crippen LogP contribution < -0.4 is 0 Å². The molecule has 0 heterocycles. The van der Waals surface area contributed by atoms with Crippen molar-refractivity contribution in [2.75, 3.05) is 39.6 Å². The van der Waals surface area contributed by atoms with Gasteiger partial charge in [0.25, 0.3) is 0 Å². The zero-order valence-corrected chi connectivity index (χ0v) is 57.1. The number of unbranched alkanes of at least 4 members (excludes halogenated alkanes) is 42. The van der Waals surface area contributed by atoms with E-state index in [9.17, 15) is 43.2 Å². The van der Waals surface area contributed by atoms with Crippen LogP contribution in [0.4, 0.5) is 0 Å². The molecule has 0 aliphatic heterocycles. The SMILES string of the molecule is CCCCCCCCCCCCCCCCCC(=O)O[C@H](COC(=O)CCCCCCCCC)COP(=O)(O)OC[C@@H](O)COP(=O)(O)OC[C@@H](COC(=O)CCCCCCCCCCC)OC(=O)CCCCCCCCCCCCCCCCC. The molecule has 0 aromatic rings. The van der Waals surface area contributed by atoms with Crippen LogP contribution in [-0.2, 0) is 65.4 Å².